The predicted molar refractivity (Wildman–Crippen MR) is 143 cm³/mol. The molecule has 0 aliphatic carbocycles. The Hall–Kier alpha value is -2.97. The second-order valence-electron chi connectivity index (χ2n) is 10.8. The van der Waals surface area contributed by atoms with E-state index in [4.69, 9.17) is 9.47 Å². The van der Waals surface area contributed by atoms with Crippen molar-refractivity contribution >= 4 is 17.8 Å². The summed E-state index contributed by atoms with van der Waals surface area (Å²) in [6.45, 7) is 10.7. The number of carbonyl (C=O) groups excluding carboxylic acids is 3. The highest BCUT2D eigenvalue weighted by atomic mass is 16.6. The zero-order valence-corrected chi connectivity index (χ0v) is 22.3. The molecule has 0 aromatic heterocycles. The summed E-state index contributed by atoms with van der Waals surface area (Å²) in [7, 11) is 0. The van der Waals surface area contributed by atoms with Gasteiger partial charge >= 0.3 is 5.97 Å². The van der Waals surface area contributed by atoms with Crippen LogP contribution in [0.5, 0.6) is 0 Å². The number of fused-ring (bicyclic) bond motifs is 1. The van der Waals surface area contributed by atoms with E-state index >= 15 is 0 Å². The Balaban J connectivity index is 1.67. The van der Waals surface area contributed by atoms with Gasteiger partial charge in [-0.1, -0.05) is 42.5 Å². The molecule has 38 heavy (non-hydrogen) atoms. The van der Waals surface area contributed by atoms with E-state index in [0.717, 1.165) is 12.0 Å². The van der Waals surface area contributed by atoms with Gasteiger partial charge in [-0.15, -0.1) is 13.2 Å². The number of carbonyl (C=O) groups is 3. The summed E-state index contributed by atoms with van der Waals surface area (Å²) in [6.07, 6.45) is 6.98. The molecule has 2 bridgehead atoms. The zero-order chi connectivity index (χ0) is 27.3. The Bertz CT molecular complexity index is 1040. The third kappa shape index (κ3) is 5.04. The largest absolute Gasteiger partial charge is 0.465 e. The Labute approximate surface area is 225 Å². The van der Waals surface area contributed by atoms with E-state index in [9.17, 15) is 19.5 Å². The van der Waals surface area contributed by atoms with Gasteiger partial charge in [0, 0.05) is 26.2 Å². The first-order valence-corrected chi connectivity index (χ1v) is 13.7. The smallest absolute Gasteiger partial charge is 0.312 e. The van der Waals surface area contributed by atoms with E-state index in [1.54, 1.807) is 22.0 Å². The number of amides is 2. The van der Waals surface area contributed by atoms with Crippen molar-refractivity contribution in [2.45, 2.75) is 69.2 Å². The molecule has 0 radical (unpaired) electrons. The fourth-order valence-corrected chi connectivity index (χ4v) is 6.55. The first-order chi connectivity index (χ1) is 18.3. The molecule has 3 heterocycles. The van der Waals surface area contributed by atoms with E-state index < -0.39 is 35.0 Å². The van der Waals surface area contributed by atoms with Gasteiger partial charge in [-0.05, 0) is 51.0 Å². The van der Waals surface area contributed by atoms with E-state index in [1.807, 2.05) is 37.3 Å². The first kappa shape index (κ1) is 28.0. The Kier molecular flexibility index (Phi) is 8.73. The molecule has 3 aliphatic rings. The average Bonchev–Trinajstić information content (AvgIpc) is 3.47. The summed E-state index contributed by atoms with van der Waals surface area (Å²) in [5.74, 6) is -2.44. The lowest BCUT2D eigenvalue weighted by Crippen LogP contribution is -2.56. The quantitative estimate of drug-likeness (QED) is 0.228. The van der Waals surface area contributed by atoms with Crippen molar-refractivity contribution < 1.29 is 29.0 Å². The van der Waals surface area contributed by atoms with Crippen LogP contribution in [0.15, 0.2) is 55.6 Å². The number of esters is 1. The predicted octanol–water partition coefficient (Wildman–Crippen LogP) is 3.25. The number of unbranched alkanes of at least 4 members (excludes halogenated alkanes) is 2. The molecule has 3 aliphatic heterocycles. The van der Waals surface area contributed by atoms with Gasteiger partial charge in [-0.2, -0.15) is 0 Å². The Morgan fingerprint density at radius 2 is 1.95 bits per heavy atom. The Morgan fingerprint density at radius 3 is 2.63 bits per heavy atom. The maximum absolute atomic E-state index is 14.3. The maximum atomic E-state index is 14.3. The summed E-state index contributed by atoms with van der Waals surface area (Å²) in [5, 5.41) is 9.36. The highest BCUT2D eigenvalue weighted by Gasteiger charge is 2.78. The topological polar surface area (TPSA) is 96.4 Å². The number of nitrogens with zero attached hydrogens (tertiary/aromatic N) is 2. The molecule has 2 amide bonds. The van der Waals surface area contributed by atoms with Gasteiger partial charge in [0.25, 0.3) is 0 Å². The highest BCUT2D eigenvalue weighted by molar-refractivity contribution is 5.98. The molecule has 0 saturated carbocycles. The molecule has 1 spiro atoms. The second kappa shape index (κ2) is 11.8. The number of aliphatic hydroxyl groups excluding tert-OH is 1. The molecular weight excluding hydrogens is 484 g/mol. The van der Waals surface area contributed by atoms with Crippen LogP contribution in [-0.2, 0) is 30.4 Å². The lowest BCUT2D eigenvalue weighted by atomic mass is 9.66. The number of rotatable bonds is 14. The molecule has 5 atom stereocenters. The lowest BCUT2D eigenvalue weighted by molar-refractivity contribution is -0.160. The molecule has 1 aromatic rings. The van der Waals surface area contributed by atoms with Gasteiger partial charge in [0.2, 0.25) is 11.8 Å². The van der Waals surface area contributed by atoms with Gasteiger partial charge in [-0.25, -0.2) is 0 Å². The van der Waals surface area contributed by atoms with Crippen LogP contribution in [0.4, 0.5) is 0 Å². The standard InChI is InChI=1S/C30H40N2O6/c1-4-6-12-20-37-28(36)24-23-26(34)32(18-10-11-19-33)25(30(23)16-15-29(24,3)38-30)27(35)31(17-5-2)21-22-13-8-7-9-14-22/h4-5,7-9,13-14,23-25,33H,1-2,6,10-12,15-21H2,3H3/t23-,24-,25?,29+,30?/m0/s1. The summed E-state index contributed by atoms with van der Waals surface area (Å²) >= 11 is 0. The van der Waals surface area contributed by atoms with Crippen molar-refractivity contribution in [3.63, 3.8) is 0 Å². The van der Waals surface area contributed by atoms with Crippen molar-refractivity contribution in [1.29, 1.82) is 0 Å². The third-order valence-corrected chi connectivity index (χ3v) is 8.25. The van der Waals surface area contributed by atoms with Crippen molar-refractivity contribution in [3.8, 4) is 0 Å². The number of hydrogen-bond acceptors (Lipinski definition) is 6. The molecule has 8 nitrogen and oxygen atoms in total. The van der Waals surface area contributed by atoms with Crippen LogP contribution in [-0.4, -0.2) is 76.2 Å². The lowest BCUT2D eigenvalue weighted by Gasteiger charge is -2.37. The van der Waals surface area contributed by atoms with Crippen molar-refractivity contribution in [2.75, 3.05) is 26.3 Å². The van der Waals surface area contributed by atoms with E-state index in [-0.39, 0.29) is 25.0 Å². The minimum Gasteiger partial charge on any atom is -0.465 e. The summed E-state index contributed by atoms with van der Waals surface area (Å²) in [4.78, 5) is 45.0. The van der Waals surface area contributed by atoms with Crippen molar-refractivity contribution in [3.05, 3.63) is 61.2 Å². The van der Waals surface area contributed by atoms with Crippen LogP contribution >= 0.6 is 0 Å². The SMILES string of the molecule is C=CCCCOC(=O)[C@@H]1[C@H]2C(=O)N(CCCCO)C(C(=O)N(CC=C)Cc3ccccc3)C23CC[C@@]1(C)O3. The summed E-state index contributed by atoms with van der Waals surface area (Å²) in [6, 6.07) is 8.83. The number of hydrogen-bond donors (Lipinski definition) is 1. The molecular formula is C30H40N2O6. The van der Waals surface area contributed by atoms with E-state index in [1.165, 1.54) is 0 Å². The molecule has 2 unspecified atom stereocenters. The molecule has 8 heteroatoms. The van der Waals surface area contributed by atoms with Crippen molar-refractivity contribution in [1.82, 2.24) is 9.80 Å². The average molecular weight is 525 g/mol. The fraction of sp³-hybridized carbons (Fsp3) is 0.567. The van der Waals surface area contributed by atoms with Gasteiger partial charge in [-0.3, -0.25) is 14.4 Å². The minimum atomic E-state index is -1.09. The van der Waals surface area contributed by atoms with Crippen LogP contribution in [0.25, 0.3) is 0 Å². The third-order valence-electron chi connectivity index (χ3n) is 8.25. The van der Waals surface area contributed by atoms with Gasteiger partial charge in [0.05, 0.1) is 18.1 Å². The Morgan fingerprint density at radius 1 is 1.18 bits per heavy atom. The monoisotopic (exact) mass is 524 g/mol. The van der Waals surface area contributed by atoms with Crippen molar-refractivity contribution in [2.24, 2.45) is 11.8 Å². The van der Waals surface area contributed by atoms with Crippen LogP contribution in [0.1, 0.15) is 51.0 Å². The minimum absolute atomic E-state index is 0.0000416. The molecule has 1 N–H and O–H groups in total. The molecule has 3 fully saturated rings. The van der Waals surface area contributed by atoms with E-state index in [2.05, 4.69) is 13.2 Å². The number of benzene rings is 1. The first-order valence-electron chi connectivity index (χ1n) is 13.7. The highest BCUT2D eigenvalue weighted by Crippen LogP contribution is 2.63. The number of likely N-dealkylation sites (tertiary alicyclic amines) is 1. The van der Waals surface area contributed by atoms with Crippen LogP contribution in [0.3, 0.4) is 0 Å². The maximum Gasteiger partial charge on any atom is 0.312 e. The number of aliphatic hydroxyl groups is 1. The summed E-state index contributed by atoms with van der Waals surface area (Å²) < 4.78 is 12.3. The van der Waals surface area contributed by atoms with Crippen LogP contribution in [0, 0.1) is 11.8 Å². The van der Waals surface area contributed by atoms with Gasteiger partial charge < -0.3 is 24.4 Å². The van der Waals surface area contributed by atoms with Crippen LogP contribution in [0.2, 0.25) is 0 Å². The van der Waals surface area contributed by atoms with Crippen LogP contribution < -0.4 is 0 Å². The number of allylic oxidation sites excluding steroid dienone is 1. The van der Waals surface area contributed by atoms with E-state index in [0.29, 0.717) is 51.7 Å². The number of ether oxygens (including phenoxy) is 2. The molecule has 1 aromatic carbocycles. The molecule has 206 valence electrons. The van der Waals surface area contributed by atoms with Gasteiger partial charge in [0.1, 0.15) is 17.6 Å². The normalized spacial score (nSPS) is 29.3. The van der Waals surface area contributed by atoms with Gasteiger partial charge in [0.15, 0.2) is 0 Å². The molecule has 3 saturated heterocycles. The second-order valence-corrected chi connectivity index (χ2v) is 10.8. The molecule has 4 rings (SSSR count). The zero-order valence-electron chi connectivity index (χ0n) is 22.3. The fourth-order valence-electron chi connectivity index (χ4n) is 6.55. The summed E-state index contributed by atoms with van der Waals surface area (Å²) in [5.41, 5.74) is -0.991.